The summed E-state index contributed by atoms with van der Waals surface area (Å²) in [6.45, 7) is 7.16. The Morgan fingerprint density at radius 2 is 2.30 bits per heavy atom. The third-order valence-corrected chi connectivity index (χ3v) is 4.84. The quantitative estimate of drug-likeness (QED) is 0.860. The standard InChI is InChI=1S/C16H24BrNO2/c1-4-18-11-16(7-8-20-12(16)2)10-13-9-14(17)5-6-15(13)19-3/h5-6,9,12,18H,4,7-8,10-11H2,1-3H3. The fourth-order valence-electron chi connectivity index (χ4n) is 2.98. The smallest absolute Gasteiger partial charge is 0.122 e. The van der Waals surface area contributed by atoms with Crippen molar-refractivity contribution in [2.24, 2.45) is 5.41 Å². The topological polar surface area (TPSA) is 30.5 Å². The Balaban J connectivity index is 2.25. The molecule has 1 aromatic rings. The molecule has 0 radical (unpaired) electrons. The van der Waals surface area contributed by atoms with Crippen LogP contribution in [-0.4, -0.2) is 32.9 Å². The van der Waals surface area contributed by atoms with Gasteiger partial charge in [0.1, 0.15) is 5.75 Å². The average Bonchev–Trinajstić information content (AvgIpc) is 2.78. The maximum absolute atomic E-state index is 5.85. The Labute approximate surface area is 130 Å². The monoisotopic (exact) mass is 341 g/mol. The molecule has 0 spiro atoms. The molecule has 2 unspecified atom stereocenters. The van der Waals surface area contributed by atoms with E-state index in [9.17, 15) is 0 Å². The van der Waals surface area contributed by atoms with E-state index >= 15 is 0 Å². The molecule has 1 fully saturated rings. The van der Waals surface area contributed by atoms with Gasteiger partial charge in [0.2, 0.25) is 0 Å². The molecule has 1 aliphatic heterocycles. The number of benzene rings is 1. The summed E-state index contributed by atoms with van der Waals surface area (Å²) in [7, 11) is 1.73. The lowest BCUT2D eigenvalue weighted by atomic mass is 9.76. The second kappa shape index (κ2) is 6.92. The normalized spacial score (nSPS) is 25.9. The lowest BCUT2D eigenvalue weighted by Gasteiger charge is -2.33. The van der Waals surface area contributed by atoms with Crippen molar-refractivity contribution in [1.29, 1.82) is 0 Å². The molecule has 0 aliphatic carbocycles. The summed E-state index contributed by atoms with van der Waals surface area (Å²) in [4.78, 5) is 0. The third-order valence-electron chi connectivity index (χ3n) is 4.34. The molecule has 0 saturated carbocycles. The summed E-state index contributed by atoms with van der Waals surface area (Å²) >= 11 is 3.56. The van der Waals surface area contributed by atoms with Crippen LogP contribution in [0, 0.1) is 5.41 Å². The fourth-order valence-corrected chi connectivity index (χ4v) is 3.39. The molecule has 3 nitrogen and oxygen atoms in total. The predicted octanol–water partition coefficient (Wildman–Crippen LogP) is 3.40. The number of ether oxygens (including phenoxy) is 2. The van der Waals surface area contributed by atoms with Gasteiger partial charge in [-0.1, -0.05) is 22.9 Å². The van der Waals surface area contributed by atoms with Crippen molar-refractivity contribution in [1.82, 2.24) is 5.32 Å². The highest BCUT2D eigenvalue weighted by atomic mass is 79.9. The summed E-state index contributed by atoms with van der Waals surface area (Å²) in [5.74, 6) is 0.961. The Kier molecular flexibility index (Phi) is 5.47. The molecular formula is C16H24BrNO2. The van der Waals surface area contributed by atoms with Crippen LogP contribution >= 0.6 is 15.9 Å². The van der Waals surface area contributed by atoms with Crippen molar-refractivity contribution in [2.75, 3.05) is 26.8 Å². The number of halogens is 1. The van der Waals surface area contributed by atoms with Gasteiger partial charge in [-0.15, -0.1) is 0 Å². The number of methoxy groups -OCH3 is 1. The van der Waals surface area contributed by atoms with Gasteiger partial charge in [0.25, 0.3) is 0 Å². The lowest BCUT2D eigenvalue weighted by Crippen LogP contribution is -2.41. The van der Waals surface area contributed by atoms with Crippen molar-refractivity contribution in [3.05, 3.63) is 28.2 Å². The highest BCUT2D eigenvalue weighted by Crippen LogP contribution is 2.40. The number of rotatable bonds is 6. The van der Waals surface area contributed by atoms with Crippen LogP contribution in [-0.2, 0) is 11.2 Å². The minimum absolute atomic E-state index is 0.157. The highest BCUT2D eigenvalue weighted by molar-refractivity contribution is 9.10. The van der Waals surface area contributed by atoms with Gasteiger partial charge in [0.05, 0.1) is 13.2 Å². The van der Waals surface area contributed by atoms with Crippen molar-refractivity contribution in [3.8, 4) is 5.75 Å². The van der Waals surface area contributed by atoms with E-state index in [4.69, 9.17) is 9.47 Å². The maximum Gasteiger partial charge on any atom is 0.122 e. The molecule has 0 amide bonds. The van der Waals surface area contributed by atoms with Crippen LogP contribution in [0.1, 0.15) is 25.8 Å². The third kappa shape index (κ3) is 3.35. The van der Waals surface area contributed by atoms with Gasteiger partial charge in [-0.2, -0.15) is 0 Å². The van der Waals surface area contributed by atoms with E-state index in [2.05, 4.69) is 41.2 Å². The van der Waals surface area contributed by atoms with Gasteiger partial charge in [-0.05, 0) is 50.1 Å². The van der Waals surface area contributed by atoms with Crippen LogP contribution in [0.4, 0.5) is 0 Å². The van der Waals surface area contributed by atoms with Gasteiger partial charge in [-0.25, -0.2) is 0 Å². The number of hydrogen-bond donors (Lipinski definition) is 1. The molecule has 0 aromatic heterocycles. The van der Waals surface area contributed by atoms with Crippen LogP contribution in [0.15, 0.2) is 22.7 Å². The molecule has 0 bridgehead atoms. The summed E-state index contributed by atoms with van der Waals surface area (Å²) in [6, 6.07) is 6.21. The zero-order chi connectivity index (χ0) is 14.6. The predicted molar refractivity (Wildman–Crippen MR) is 85.4 cm³/mol. The van der Waals surface area contributed by atoms with Crippen molar-refractivity contribution < 1.29 is 9.47 Å². The number of hydrogen-bond acceptors (Lipinski definition) is 3. The zero-order valence-corrected chi connectivity index (χ0v) is 14.1. The highest BCUT2D eigenvalue weighted by Gasteiger charge is 2.41. The first-order valence-corrected chi connectivity index (χ1v) is 8.05. The van der Waals surface area contributed by atoms with Crippen molar-refractivity contribution >= 4 is 15.9 Å². The van der Waals surface area contributed by atoms with Crippen molar-refractivity contribution in [3.63, 3.8) is 0 Å². The van der Waals surface area contributed by atoms with Crippen LogP contribution in [0.2, 0.25) is 0 Å². The van der Waals surface area contributed by atoms with E-state index in [1.807, 2.05) is 12.1 Å². The fraction of sp³-hybridized carbons (Fsp3) is 0.625. The second-order valence-electron chi connectivity index (χ2n) is 5.54. The molecule has 1 aromatic carbocycles. The van der Waals surface area contributed by atoms with E-state index in [0.717, 1.165) is 42.8 Å². The van der Waals surface area contributed by atoms with Crippen LogP contribution in [0.3, 0.4) is 0 Å². The molecule has 1 N–H and O–H groups in total. The van der Waals surface area contributed by atoms with Gasteiger partial charge in [0, 0.05) is 23.0 Å². The van der Waals surface area contributed by atoms with Crippen LogP contribution in [0.25, 0.3) is 0 Å². The SMILES string of the molecule is CCNCC1(Cc2cc(Br)ccc2OC)CCOC1C. The summed E-state index contributed by atoms with van der Waals surface area (Å²) < 4.78 is 12.5. The second-order valence-corrected chi connectivity index (χ2v) is 6.45. The van der Waals surface area contributed by atoms with E-state index in [-0.39, 0.29) is 11.5 Å². The Morgan fingerprint density at radius 1 is 1.50 bits per heavy atom. The van der Waals surface area contributed by atoms with Gasteiger partial charge in [-0.3, -0.25) is 0 Å². The molecule has 4 heteroatoms. The largest absolute Gasteiger partial charge is 0.496 e. The average molecular weight is 342 g/mol. The minimum atomic E-state index is 0.157. The van der Waals surface area contributed by atoms with E-state index in [1.165, 1.54) is 5.56 Å². The minimum Gasteiger partial charge on any atom is -0.496 e. The molecule has 2 rings (SSSR count). The first kappa shape index (κ1) is 15.8. The Bertz CT molecular complexity index is 452. The molecule has 1 saturated heterocycles. The van der Waals surface area contributed by atoms with Gasteiger partial charge in [0.15, 0.2) is 0 Å². The van der Waals surface area contributed by atoms with Crippen LogP contribution in [0.5, 0.6) is 5.75 Å². The maximum atomic E-state index is 5.85. The van der Waals surface area contributed by atoms with E-state index in [0.29, 0.717) is 0 Å². The lowest BCUT2D eigenvalue weighted by molar-refractivity contribution is 0.0630. The molecule has 1 aliphatic rings. The first-order chi connectivity index (χ1) is 9.61. The molecule has 2 atom stereocenters. The summed E-state index contributed by atoms with van der Waals surface area (Å²) in [6.07, 6.45) is 2.34. The van der Waals surface area contributed by atoms with Gasteiger partial charge >= 0.3 is 0 Å². The molecule has 20 heavy (non-hydrogen) atoms. The number of nitrogens with one attached hydrogen (secondary N) is 1. The Hall–Kier alpha value is -0.580. The zero-order valence-electron chi connectivity index (χ0n) is 12.5. The molecular weight excluding hydrogens is 318 g/mol. The van der Waals surface area contributed by atoms with Crippen LogP contribution < -0.4 is 10.1 Å². The first-order valence-electron chi connectivity index (χ1n) is 7.26. The summed E-state index contributed by atoms with van der Waals surface area (Å²) in [5.41, 5.74) is 1.40. The Morgan fingerprint density at radius 3 is 2.90 bits per heavy atom. The molecule has 1 heterocycles. The molecule has 112 valence electrons. The van der Waals surface area contributed by atoms with E-state index in [1.54, 1.807) is 7.11 Å². The van der Waals surface area contributed by atoms with E-state index < -0.39 is 0 Å². The van der Waals surface area contributed by atoms with Gasteiger partial charge < -0.3 is 14.8 Å². The van der Waals surface area contributed by atoms with Crippen molar-refractivity contribution in [2.45, 2.75) is 32.8 Å². The summed E-state index contributed by atoms with van der Waals surface area (Å²) in [5, 5.41) is 3.50.